The largest absolute Gasteiger partial charge is 0.480 e. The Morgan fingerprint density at radius 1 is 1.17 bits per heavy atom. The summed E-state index contributed by atoms with van der Waals surface area (Å²) in [5, 5.41) is 10.4. The van der Waals surface area contributed by atoms with E-state index in [1.54, 1.807) is 21.7 Å². The topological polar surface area (TPSA) is 62.5 Å². The quantitative estimate of drug-likeness (QED) is 0.793. The van der Waals surface area contributed by atoms with Crippen molar-refractivity contribution < 1.29 is 14.7 Å². The highest BCUT2D eigenvalue weighted by atomic mass is 35.5. The van der Waals surface area contributed by atoms with Crippen LogP contribution in [-0.4, -0.2) is 21.6 Å². The fourth-order valence-corrected chi connectivity index (χ4v) is 3.52. The van der Waals surface area contributed by atoms with Gasteiger partial charge in [0.05, 0.1) is 28.3 Å². The molecule has 2 aromatic carbocycles. The van der Waals surface area contributed by atoms with Crippen molar-refractivity contribution in [2.45, 2.75) is 13.1 Å². The molecule has 1 aromatic heterocycles. The van der Waals surface area contributed by atoms with Gasteiger partial charge in [0.15, 0.2) is 0 Å². The van der Waals surface area contributed by atoms with Crippen LogP contribution in [0.1, 0.15) is 15.9 Å². The summed E-state index contributed by atoms with van der Waals surface area (Å²) in [5.41, 5.74) is 2.82. The summed E-state index contributed by atoms with van der Waals surface area (Å²) in [4.78, 5) is 25.6. The number of rotatable bonds is 3. The summed E-state index contributed by atoms with van der Waals surface area (Å²) in [7, 11) is 0. The molecule has 0 bridgehead atoms. The molecule has 0 atom stereocenters. The molecular formula is C18H13ClN2O3. The molecule has 120 valence electrons. The van der Waals surface area contributed by atoms with Crippen molar-refractivity contribution in [2.75, 3.05) is 4.90 Å². The zero-order valence-corrected chi connectivity index (χ0v) is 13.3. The van der Waals surface area contributed by atoms with Crippen LogP contribution >= 0.6 is 11.6 Å². The average Bonchev–Trinajstić information content (AvgIpc) is 3.09. The molecule has 4 rings (SSSR count). The molecule has 0 radical (unpaired) electrons. The summed E-state index contributed by atoms with van der Waals surface area (Å²) in [5.74, 6) is -1.09. The maximum Gasteiger partial charge on any atom is 0.323 e. The first kappa shape index (κ1) is 14.8. The summed E-state index contributed by atoms with van der Waals surface area (Å²) in [6.45, 7) is 0.266. The van der Waals surface area contributed by atoms with Crippen molar-refractivity contribution >= 4 is 40.1 Å². The number of hydrogen-bond acceptors (Lipinski definition) is 2. The number of anilines is 1. The van der Waals surface area contributed by atoms with Crippen LogP contribution in [0.5, 0.6) is 0 Å². The number of fused-ring (bicyclic) bond motifs is 2. The van der Waals surface area contributed by atoms with E-state index < -0.39 is 5.97 Å². The Bertz CT molecular complexity index is 993. The zero-order chi connectivity index (χ0) is 16.8. The van der Waals surface area contributed by atoms with E-state index >= 15 is 0 Å². The van der Waals surface area contributed by atoms with Gasteiger partial charge in [-0.2, -0.15) is 0 Å². The Kier molecular flexibility index (Phi) is 3.32. The van der Waals surface area contributed by atoms with Gasteiger partial charge >= 0.3 is 5.97 Å². The number of aliphatic carboxylic acids is 1. The summed E-state index contributed by atoms with van der Waals surface area (Å²) >= 11 is 6.18. The molecule has 1 aliphatic rings. The fourth-order valence-electron chi connectivity index (χ4n) is 3.25. The number of carboxylic acids is 1. The van der Waals surface area contributed by atoms with Crippen LogP contribution in [-0.2, 0) is 17.9 Å². The highest BCUT2D eigenvalue weighted by Gasteiger charge is 2.31. The van der Waals surface area contributed by atoms with Crippen LogP contribution < -0.4 is 4.90 Å². The first-order valence-corrected chi connectivity index (χ1v) is 7.83. The number of aromatic nitrogens is 1. The molecule has 1 N–H and O–H groups in total. The number of carbonyl (C=O) groups is 2. The van der Waals surface area contributed by atoms with Crippen LogP contribution in [0.4, 0.5) is 5.69 Å². The lowest BCUT2D eigenvalue weighted by molar-refractivity contribution is -0.137. The van der Waals surface area contributed by atoms with Gasteiger partial charge in [-0.25, -0.2) is 0 Å². The number of nitrogens with zero attached hydrogens (tertiary/aromatic N) is 2. The Balaban J connectivity index is 1.86. The van der Waals surface area contributed by atoms with Crippen molar-refractivity contribution in [3.63, 3.8) is 0 Å². The van der Waals surface area contributed by atoms with Crippen LogP contribution in [0.25, 0.3) is 10.9 Å². The maximum atomic E-state index is 12.8. The lowest BCUT2D eigenvalue weighted by Crippen LogP contribution is -2.24. The van der Waals surface area contributed by atoms with Crippen molar-refractivity contribution in [3.8, 4) is 0 Å². The Morgan fingerprint density at radius 3 is 2.71 bits per heavy atom. The Labute approximate surface area is 142 Å². The van der Waals surface area contributed by atoms with Gasteiger partial charge < -0.3 is 14.6 Å². The second kappa shape index (κ2) is 5.39. The molecule has 5 nitrogen and oxygen atoms in total. The van der Waals surface area contributed by atoms with E-state index in [4.69, 9.17) is 16.7 Å². The molecule has 3 aromatic rings. The second-order valence-corrected chi connectivity index (χ2v) is 6.12. The Morgan fingerprint density at radius 2 is 1.96 bits per heavy atom. The van der Waals surface area contributed by atoms with Gasteiger partial charge in [0.1, 0.15) is 6.54 Å². The molecule has 0 saturated carbocycles. The number of benzene rings is 2. The van der Waals surface area contributed by atoms with Gasteiger partial charge in [-0.3, -0.25) is 9.59 Å². The van der Waals surface area contributed by atoms with Gasteiger partial charge in [-0.1, -0.05) is 35.9 Å². The molecule has 0 aliphatic carbocycles. The second-order valence-electron chi connectivity index (χ2n) is 5.72. The number of amides is 1. The molecule has 6 heteroatoms. The molecule has 1 aliphatic heterocycles. The van der Waals surface area contributed by atoms with E-state index in [0.29, 0.717) is 22.8 Å². The van der Waals surface area contributed by atoms with Crippen LogP contribution in [0, 0.1) is 0 Å². The smallest absolute Gasteiger partial charge is 0.323 e. The third-order valence-electron chi connectivity index (χ3n) is 4.25. The molecule has 0 fully saturated rings. The van der Waals surface area contributed by atoms with E-state index in [9.17, 15) is 9.59 Å². The van der Waals surface area contributed by atoms with Crippen molar-refractivity contribution in [3.05, 3.63) is 64.8 Å². The molecule has 1 amide bonds. The molecule has 24 heavy (non-hydrogen) atoms. The number of carbonyl (C=O) groups excluding carboxylic acids is 1. The third kappa shape index (κ3) is 2.17. The van der Waals surface area contributed by atoms with Gasteiger partial charge in [0.2, 0.25) is 0 Å². The predicted octanol–water partition coefficient (Wildman–Crippen LogP) is 3.54. The fraction of sp³-hybridized carbons (Fsp3) is 0.111. The van der Waals surface area contributed by atoms with Crippen molar-refractivity contribution in [1.82, 2.24) is 4.57 Å². The average molecular weight is 341 g/mol. The first-order valence-electron chi connectivity index (χ1n) is 7.45. The standard InChI is InChI=1S/C18H13ClN2O3/c19-13-5-1-4-12-9-21(18(24)16(12)13)14-6-2-3-11-7-8-20(17(11)14)10-15(22)23/h1-8H,9-10H2,(H,22,23). The number of para-hydroxylation sites is 1. The van der Waals surface area contributed by atoms with Crippen LogP contribution in [0.2, 0.25) is 5.02 Å². The van der Waals surface area contributed by atoms with Gasteiger partial charge in [-0.15, -0.1) is 0 Å². The molecule has 2 heterocycles. The summed E-state index contributed by atoms with van der Waals surface area (Å²) in [6.07, 6.45) is 1.73. The minimum atomic E-state index is -0.929. The number of carboxylic acid groups (broad SMARTS) is 1. The van der Waals surface area contributed by atoms with Crippen LogP contribution in [0.3, 0.4) is 0 Å². The minimum Gasteiger partial charge on any atom is -0.480 e. The van der Waals surface area contributed by atoms with E-state index in [-0.39, 0.29) is 12.5 Å². The van der Waals surface area contributed by atoms with Gasteiger partial charge in [0, 0.05) is 11.6 Å². The Hall–Kier alpha value is -2.79. The normalized spacial score (nSPS) is 13.5. The van der Waals surface area contributed by atoms with Gasteiger partial charge in [0.25, 0.3) is 5.91 Å². The predicted molar refractivity (Wildman–Crippen MR) is 91.5 cm³/mol. The molecule has 0 saturated heterocycles. The zero-order valence-electron chi connectivity index (χ0n) is 12.6. The van der Waals surface area contributed by atoms with Crippen LogP contribution in [0.15, 0.2) is 48.7 Å². The number of hydrogen-bond donors (Lipinski definition) is 1. The lowest BCUT2D eigenvalue weighted by Gasteiger charge is -2.18. The SMILES string of the molecule is O=C(O)Cn1ccc2cccc(N3Cc4cccc(Cl)c4C3=O)c21. The lowest BCUT2D eigenvalue weighted by atomic mass is 10.1. The first-order chi connectivity index (χ1) is 11.6. The summed E-state index contributed by atoms with van der Waals surface area (Å²) < 4.78 is 1.64. The van der Waals surface area contributed by atoms with Crippen molar-refractivity contribution in [1.29, 1.82) is 0 Å². The monoisotopic (exact) mass is 340 g/mol. The van der Waals surface area contributed by atoms with Crippen molar-refractivity contribution in [2.24, 2.45) is 0 Å². The highest BCUT2D eigenvalue weighted by Crippen LogP contribution is 2.36. The van der Waals surface area contributed by atoms with E-state index in [0.717, 1.165) is 16.5 Å². The third-order valence-corrected chi connectivity index (χ3v) is 4.57. The maximum absolute atomic E-state index is 12.8. The highest BCUT2D eigenvalue weighted by molar-refractivity contribution is 6.35. The number of halogens is 1. The molecular weight excluding hydrogens is 328 g/mol. The molecule has 0 unspecified atom stereocenters. The van der Waals surface area contributed by atoms with E-state index in [1.807, 2.05) is 36.4 Å². The van der Waals surface area contributed by atoms with E-state index in [1.165, 1.54) is 0 Å². The molecule has 0 spiro atoms. The van der Waals surface area contributed by atoms with E-state index in [2.05, 4.69) is 0 Å². The summed E-state index contributed by atoms with van der Waals surface area (Å²) in [6, 6.07) is 12.9. The minimum absolute atomic E-state index is 0.156. The van der Waals surface area contributed by atoms with Gasteiger partial charge in [-0.05, 0) is 23.8 Å².